The summed E-state index contributed by atoms with van der Waals surface area (Å²) in [4.78, 5) is 42.1. The molecular weight excluding hydrogens is 448 g/mol. The number of ketones is 1. The lowest BCUT2D eigenvalue weighted by molar-refractivity contribution is -0.144. The average Bonchev–Trinajstić information content (AvgIpc) is 2.81. The van der Waals surface area contributed by atoms with Crippen LogP contribution in [0.15, 0.2) is 30.3 Å². The van der Waals surface area contributed by atoms with Crippen molar-refractivity contribution in [2.45, 2.75) is 26.2 Å². The molecule has 0 radical (unpaired) electrons. The summed E-state index contributed by atoms with van der Waals surface area (Å²) in [6.45, 7) is 5.01. The molecule has 1 aliphatic heterocycles. The average molecular weight is 475 g/mol. The molecule has 1 amide bonds. The number of carbonyl (C=O) groups excluding carboxylic acids is 3. The number of Topliss-reactive ketones (excluding diaryl/α,β-unsaturated/α-hetero) is 1. The third-order valence-corrected chi connectivity index (χ3v) is 5.36. The molecule has 0 saturated carbocycles. The van der Waals surface area contributed by atoms with E-state index in [4.69, 9.17) is 26.8 Å². The van der Waals surface area contributed by atoms with E-state index < -0.39 is 11.9 Å². The number of aromatic nitrogens is 1. The summed E-state index contributed by atoms with van der Waals surface area (Å²) in [5.74, 6) is -1.33. The van der Waals surface area contributed by atoms with Gasteiger partial charge in [0.25, 0.3) is 0 Å². The Morgan fingerprint density at radius 2 is 1.88 bits per heavy atom. The molecule has 10 heteroatoms. The van der Waals surface area contributed by atoms with Gasteiger partial charge in [-0.25, -0.2) is 4.98 Å². The highest BCUT2D eigenvalue weighted by Gasteiger charge is 2.17. The molecule has 0 bridgehead atoms. The third-order valence-electron chi connectivity index (χ3n) is 5.07. The van der Waals surface area contributed by atoms with E-state index in [9.17, 15) is 14.4 Å². The fraction of sp³-hybridized carbons (Fsp3) is 0.391. The van der Waals surface area contributed by atoms with Crippen molar-refractivity contribution < 1.29 is 23.9 Å². The number of pyridine rings is 1. The second-order valence-corrected chi connectivity index (χ2v) is 7.87. The lowest BCUT2D eigenvalue weighted by Gasteiger charge is -2.28. The predicted molar refractivity (Wildman–Crippen MR) is 126 cm³/mol. The largest absolute Gasteiger partial charge is 0.466 e. The van der Waals surface area contributed by atoms with E-state index in [1.807, 2.05) is 24.3 Å². The van der Waals surface area contributed by atoms with E-state index in [1.165, 1.54) is 6.07 Å². The van der Waals surface area contributed by atoms with Gasteiger partial charge in [0.05, 0.1) is 49.1 Å². The molecule has 0 aliphatic carbocycles. The highest BCUT2D eigenvalue weighted by molar-refractivity contribution is 6.33. The minimum atomic E-state index is -0.559. The number of hydrogen-bond acceptors (Lipinski definition) is 8. The van der Waals surface area contributed by atoms with Crippen LogP contribution in [0.25, 0.3) is 11.3 Å². The zero-order valence-electron chi connectivity index (χ0n) is 18.4. The van der Waals surface area contributed by atoms with Crippen molar-refractivity contribution in [3.05, 3.63) is 35.4 Å². The molecule has 33 heavy (non-hydrogen) atoms. The van der Waals surface area contributed by atoms with Crippen LogP contribution in [-0.2, 0) is 23.9 Å². The van der Waals surface area contributed by atoms with Crippen molar-refractivity contribution in [3.8, 4) is 11.3 Å². The van der Waals surface area contributed by atoms with Gasteiger partial charge in [0, 0.05) is 30.8 Å². The number of ether oxygens (including phenoxy) is 2. The van der Waals surface area contributed by atoms with Gasteiger partial charge in [-0.05, 0) is 25.1 Å². The molecule has 9 nitrogen and oxygen atoms in total. The van der Waals surface area contributed by atoms with Crippen molar-refractivity contribution in [2.24, 2.45) is 0 Å². The molecule has 3 N–H and O–H groups in total. The third kappa shape index (κ3) is 6.90. The number of hydrogen-bond donors (Lipinski definition) is 2. The Kier molecular flexibility index (Phi) is 8.62. The topological polar surface area (TPSA) is 124 Å². The molecule has 0 spiro atoms. The molecule has 0 atom stereocenters. The van der Waals surface area contributed by atoms with E-state index in [-0.39, 0.29) is 43.2 Å². The minimum Gasteiger partial charge on any atom is -0.466 e. The van der Waals surface area contributed by atoms with Crippen LogP contribution >= 0.6 is 11.6 Å². The van der Waals surface area contributed by atoms with Crippen LogP contribution < -0.4 is 16.0 Å². The number of morpholine rings is 1. The number of esters is 1. The van der Waals surface area contributed by atoms with Gasteiger partial charge in [-0.1, -0.05) is 23.7 Å². The Hall–Kier alpha value is -3.17. The maximum absolute atomic E-state index is 12.2. The van der Waals surface area contributed by atoms with Gasteiger partial charge in [0.15, 0.2) is 0 Å². The van der Waals surface area contributed by atoms with Gasteiger partial charge >= 0.3 is 5.97 Å². The SMILES string of the molecule is CCOC(=O)CCC(=O)CC(=O)Nc1cc(Cl)c(-c2ccc(N3CCOCC3)cc2)nc1N. The van der Waals surface area contributed by atoms with Gasteiger partial charge < -0.3 is 25.4 Å². The molecule has 176 valence electrons. The Labute approximate surface area is 197 Å². The summed E-state index contributed by atoms with van der Waals surface area (Å²) >= 11 is 6.41. The first-order valence-corrected chi connectivity index (χ1v) is 11.1. The Morgan fingerprint density at radius 1 is 1.18 bits per heavy atom. The molecule has 1 fully saturated rings. The van der Waals surface area contributed by atoms with E-state index in [0.717, 1.165) is 24.3 Å². The summed E-state index contributed by atoms with van der Waals surface area (Å²) in [5, 5.41) is 2.87. The molecule has 1 aliphatic rings. The number of amides is 1. The monoisotopic (exact) mass is 474 g/mol. The molecular formula is C23H27ClN4O5. The van der Waals surface area contributed by atoms with Gasteiger partial charge in [0.1, 0.15) is 11.6 Å². The highest BCUT2D eigenvalue weighted by atomic mass is 35.5. The van der Waals surface area contributed by atoms with E-state index in [0.29, 0.717) is 23.9 Å². The summed E-state index contributed by atoms with van der Waals surface area (Å²) < 4.78 is 10.2. The maximum atomic E-state index is 12.2. The number of carbonyl (C=O) groups is 3. The molecule has 3 rings (SSSR count). The van der Waals surface area contributed by atoms with E-state index in [1.54, 1.807) is 6.92 Å². The van der Waals surface area contributed by atoms with Crippen LogP contribution in [0.1, 0.15) is 26.2 Å². The van der Waals surface area contributed by atoms with E-state index in [2.05, 4.69) is 15.2 Å². The highest BCUT2D eigenvalue weighted by Crippen LogP contribution is 2.32. The van der Waals surface area contributed by atoms with Crippen LogP contribution in [-0.4, -0.2) is 55.6 Å². The van der Waals surface area contributed by atoms with Crippen molar-refractivity contribution >= 4 is 46.5 Å². The van der Waals surface area contributed by atoms with Crippen LogP contribution in [0.2, 0.25) is 5.02 Å². The first kappa shape index (κ1) is 24.5. The Bertz CT molecular complexity index is 1010. The molecule has 1 saturated heterocycles. The van der Waals surface area contributed by atoms with Crippen molar-refractivity contribution in [1.29, 1.82) is 0 Å². The standard InChI is InChI=1S/C23H27ClN4O5/c1-2-33-21(31)8-7-17(29)13-20(30)26-19-14-18(24)22(27-23(19)25)15-3-5-16(6-4-15)28-9-11-32-12-10-28/h3-6,14H,2,7-13H2,1H3,(H2,25,27)(H,26,30). The van der Waals surface area contributed by atoms with E-state index >= 15 is 0 Å². The quantitative estimate of drug-likeness (QED) is 0.419. The summed E-state index contributed by atoms with van der Waals surface area (Å²) in [6, 6.07) is 9.33. The lowest BCUT2D eigenvalue weighted by Crippen LogP contribution is -2.36. The zero-order valence-corrected chi connectivity index (χ0v) is 19.2. The normalized spacial score (nSPS) is 13.5. The van der Waals surface area contributed by atoms with Crippen molar-refractivity contribution in [3.63, 3.8) is 0 Å². The minimum absolute atomic E-state index is 0.0610. The van der Waals surface area contributed by atoms with Crippen LogP contribution in [0, 0.1) is 0 Å². The number of anilines is 3. The Balaban J connectivity index is 1.62. The van der Waals surface area contributed by atoms with Gasteiger partial charge in [0.2, 0.25) is 5.91 Å². The first-order chi connectivity index (χ1) is 15.9. The van der Waals surface area contributed by atoms with Crippen molar-refractivity contribution in [2.75, 3.05) is 48.9 Å². The van der Waals surface area contributed by atoms with Gasteiger partial charge in [-0.2, -0.15) is 0 Å². The first-order valence-electron chi connectivity index (χ1n) is 10.7. The second kappa shape index (κ2) is 11.6. The number of nitrogens with two attached hydrogens (primary N) is 1. The number of nitrogens with one attached hydrogen (secondary N) is 1. The molecule has 1 aromatic heterocycles. The summed E-state index contributed by atoms with van der Waals surface area (Å²) in [7, 11) is 0. The fourth-order valence-corrected chi connectivity index (χ4v) is 3.65. The van der Waals surface area contributed by atoms with Gasteiger partial charge in [-0.15, -0.1) is 0 Å². The fourth-order valence-electron chi connectivity index (χ4n) is 3.39. The predicted octanol–water partition coefficient (Wildman–Crippen LogP) is 3.06. The van der Waals surface area contributed by atoms with Crippen molar-refractivity contribution in [1.82, 2.24) is 4.98 Å². The van der Waals surface area contributed by atoms with Gasteiger partial charge in [-0.3, -0.25) is 14.4 Å². The summed E-state index contributed by atoms with van der Waals surface area (Å²) in [6.07, 6.45) is -0.518. The molecule has 0 unspecified atom stereocenters. The summed E-state index contributed by atoms with van der Waals surface area (Å²) in [5.41, 5.74) is 8.62. The van der Waals surface area contributed by atoms with Crippen LogP contribution in [0.3, 0.4) is 0 Å². The number of nitrogens with zero attached hydrogens (tertiary/aromatic N) is 2. The molecule has 1 aromatic carbocycles. The maximum Gasteiger partial charge on any atom is 0.306 e. The number of benzene rings is 1. The lowest BCUT2D eigenvalue weighted by atomic mass is 10.1. The molecule has 2 aromatic rings. The van der Waals surface area contributed by atoms with Crippen LogP contribution in [0.4, 0.5) is 17.2 Å². The smallest absolute Gasteiger partial charge is 0.306 e. The Morgan fingerprint density at radius 3 is 2.55 bits per heavy atom. The number of rotatable bonds is 9. The zero-order chi connectivity index (χ0) is 23.8. The second-order valence-electron chi connectivity index (χ2n) is 7.47. The van der Waals surface area contributed by atoms with Crippen LogP contribution in [0.5, 0.6) is 0 Å². The number of nitrogen functional groups attached to an aromatic ring is 1. The number of halogens is 1. The molecule has 2 heterocycles.